The zero-order chi connectivity index (χ0) is 7.98. The second kappa shape index (κ2) is 5.99. The van der Waals surface area contributed by atoms with Crippen LogP contribution in [0.4, 0.5) is 0 Å². The maximum absolute atomic E-state index is 5.76. The Balaban J connectivity index is 3.12. The minimum Gasteiger partial charge on any atom is -0.313 e. The van der Waals surface area contributed by atoms with Crippen LogP contribution in [0.3, 0.4) is 0 Å². The molecule has 0 heterocycles. The molecule has 0 aliphatic rings. The third-order valence-corrected chi connectivity index (χ3v) is 1.62. The van der Waals surface area contributed by atoms with Crippen molar-refractivity contribution in [2.75, 3.05) is 6.54 Å². The van der Waals surface area contributed by atoms with Gasteiger partial charge in [0.2, 0.25) is 0 Å². The van der Waals surface area contributed by atoms with Gasteiger partial charge in [0.15, 0.2) is 0 Å². The molecule has 1 N–H and O–H groups in total. The van der Waals surface area contributed by atoms with Crippen LogP contribution in [-0.4, -0.2) is 18.0 Å². The number of nitrogens with one attached hydrogen (secondary N) is 1. The summed E-state index contributed by atoms with van der Waals surface area (Å²) >= 11 is 5.76. The SMILES string of the molecule is CCCC(C)NCC(C)Cl. The van der Waals surface area contributed by atoms with E-state index in [-0.39, 0.29) is 5.38 Å². The molecule has 0 amide bonds. The molecular weight excluding hydrogens is 146 g/mol. The molecule has 0 aliphatic carbocycles. The average molecular weight is 164 g/mol. The third kappa shape index (κ3) is 6.37. The molecule has 0 aromatic heterocycles. The Bertz CT molecular complexity index is 73.7. The molecule has 0 aromatic rings. The first kappa shape index (κ1) is 10.2. The van der Waals surface area contributed by atoms with Crippen LogP contribution in [0.15, 0.2) is 0 Å². The van der Waals surface area contributed by atoms with Crippen molar-refractivity contribution in [3.63, 3.8) is 0 Å². The highest BCUT2D eigenvalue weighted by atomic mass is 35.5. The first-order chi connectivity index (χ1) is 4.66. The van der Waals surface area contributed by atoms with E-state index in [0.717, 1.165) is 6.54 Å². The molecule has 2 heteroatoms. The molecule has 0 saturated heterocycles. The van der Waals surface area contributed by atoms with Gasteiger partial charge in [0.05, 0.1) is 0 Å². The maximum atomic E-state index is 5.76. The Morgan fingerprint density at radius 2 is 2.00 bits per heavy atom. The summed E-state index contributed by atoms with van der Waals surface area (Å²) in [6.45, 7) is 7.32. The fourth-order valence-corrected chi connectivity index (χ4v) is 0.988. The fourth-order valence-electron chi connectivity index (χ4n) is 0.899. The summed E-state index contributed by atoms with van der Waals surface area (Å²) in [4.78, 5) is 0. The van der Waals surface area contributed by atoms with Gasteiger partial charge in [-0.25, -0.2) is 0 Å². The van der Waals surface area contributed by atoms with Gasteiger partial charge in [-0.3, -0.25) is 0 Å². The van der Waals surface area contributed by atoms with Crippen LogP contribution in [0, 0.1) is 0 Å². The van der Waals surface area contributed by atoms with Gasteiger partial charge in [-0.15, -0.1) is 11.6 Å². The molecule has 2 unspecified atom stereocenters. The van der Waals surface area contributed by atoms with Gasteiger partial charge in [0.1, 0.15) is 0 Å². The predicted molar refractivity (Wildman–Crippen MR) is 47.7 cm³/mol. The summed E-state index contributed by atoms with van der Waals surface area (Å²) in [6.07, 6.45) is 2.48. The minimum absolute atomic E-state index is 0.249. The van der Waals surface area contributed by atoms with Crippen LogP contribution in [0.2, 0.25) is 0 Å². The number of alkyl halides is 1. The van der Waals surface area contributed by atoms with E-state index in [2.05, 4.69) is 19.2 Å². The Kier molecular flexibility index (Phi) is 6.14. The Hall–Kier alpha value is 0.250. The average Bonchev–Trinajstić information content (AvgIpc) is 1.85. The van der Waals surface area contributed by atoms with E-state index in [0.29, 0.717) is 6.04 Å². The van der Waals surface area contributed by atoms with Crippen LogP contribution in [0.1, 0.15) is 33.6 Å². The number of rotatable bonds is 5. The molecule has 0 rings (SSSR count). The molecular formula is C8H18ClN. The van der Waals surface area contributed by atoms with Gasteiger partial charge < -0.3 is 5.32 Å². The van der Waals surface area contributed by atoms with Gasteiger partial charge in [-0.1, -0.05) is 13.3 Å². The quantitative estimate of drug-likeness (QED) is 0.614. The lowest BCUT2D eigenvalue weighted by molar-refractivity contribution is 0.510. The normalized spacial score (nSPS) is 16.8. The number of hydrogen-bond acceptors (Lipinski definition) is 1. The molecule has 0 fully saturated rings. The molecule has 0 bridgehead atoms. The molecule has 10 heavy (non-hydrogen) atoms. The molecule has 0 aliphatic heterocycles. The van der Waals surface area contributed by atoms with Crippen LogP contribution in [0.25, 0.3) is 0 Å². The highest BCUT2D eigenvalue weighted by molar-refractivity contribution is 6.20. The Morgan fingerprint density at radius 1 is 1.40 bits per heavy atom. The monoisotopic (exact) mass is 163 g/mol. The molecule has 62 valence electrons. The second-order valence-corrected chi connectivity index (χ2v) is 3.62. The van der Waals surface area contributed by atoms with Crippen LogP contribution in [0.5, 0.6) is 0 Å². The Labute approximate surface area is 69.1 Å². The molecule has 2 atom stereocenters. The standard InChI is InChI=1S/C8H18ClN/c1-4-5-8(3)10-6-7(2)9/h7-8,10H,4-6H2,1-3H3. The van der Waals surface area contributed by atoms with Crippen molar-refractivity contribution in [1.29, 1.82) is 0 Å². The molecule has 0 saturated carbocycles. The van der Waals surface area contributed by atoms with Crippen LogP contribution < -0.4 is 5.32 Å². The summed E-state index contributed by atoms with van der Waals surface area (Å²) in [5.74, 6) is 0. The first-order valence-electron chi connectivity index (χ1n) is 4.04. The van der Waals surface area contributed by atoms with Crippen LogP contribution in [-0.2, 0) is 0 Å². The second-order valence-electron chi connectivity index (χ2n) is 2.88. The minimum atomic E-state index is 0.249. The molecule has 0 spiro atoms. The van der Waals surface area contributed by atoms with E-state index in [1.165, 1.54) is 12.8 Å². The lowest BCUT2D eigenvalue weighted by Crippen LogP contribution is -2.30. The topological polar surface area (TPSA) is 12.0 Å². The van der Waals surface area contributed by atoms with Crippen molar-refractivity contribution in [2.45, 2.75) is 45.0 Å². The third-order valence-electron chi connectivity index (χ3n) is 1.47. The van der Waals surface area contributed by atoms with E-state index in [1.807, 2.05) is 6.92 Å². The van der Waals surface area contributed by atoms with Gasteiger partial charge >= 0.3 is 0 Å². The van der Waals surface area contributed by atoms with Crippen molar-refractivity contribution < 1.29 is 0 Å². The van der Waals surface area contributed by atoms with Crippen molar-refractivity contribution in [3.05, 3.63) is 0 Å². The summed E-state index contributed by atoms with van der Waals surface area (Å²) in [5, 5.41) is 3.60. The number of halogens is 1. The highest BCUT2D eigenvalue weighted by Gasteiger charge is 2.00. The lowest BCUT2D eigenvalue weighted by atomic mass is 10.2. The molecule has 0 aromatic carbocycles. The van der Waals surface area contributed by atoms with E-state index in [1.54, 1.807) is 0 Å². The summed E-state index contributed by atoms with van der Waals surface area (Å²) in [7, 11) is 0. The Morgan fingerprint density at radius 3 is 2.40 bits per heavy atom. The highest BCUT2D eigenvalue weighted by Crippen LogP contribution is 1.96. The fraction of sp³-hybridized carbons (Fsp3) is 1.00. The maximum Gasteiger partial charge on any atom is 0.0432 e. The smallest absolute Gasteiger partial charge is 0.0432 e. The van der Waals surface area contributed by atoms with Gasteiger partial charge in [0, 0.05) is 18.0 Å². The van der Waals surface area contributed by atoms with Crippen molar-refractivity contribution in [2.24, 2.45) is 0 Å². The van der Waals surface area contributed by atoms with Crippen molar-refractivity contribution in [1.82, 2.24) is 5.32 Å². The van der Waals surface area contributed by atoms with E-state index < -0.39 is 0 Å². The van der Waals surface area contributed by atoms with Crippen molar-refractivity contribution >= 4 is 11.6 Å². The summed E-state index contributed by atoms with van der Waals surface area (Å²) in [5.41, 5.74) is 0. The van der Waals surface area contributed by atoms with Gasteiger partial charge in [-0.2, -0.15) is 0 Å². The summed E-state index contributed by atoms with van der Waals surface area (Å²) in [6, 6.07) is 0.617. The predicted octanol–water partition coefficient (Wildman–Crippen LogP) is 2.39. The van der Waals surface area contributed by atoms with Crippen molar-refractivity contribution in [3.8, 4) is 0 Å². The first-order valence-corrected chi connectivity index (χ1v) is 4.48. The zero-order valence-electron chi connectivity index (χ0n) is 7.15. The molecule has 0 radical (unpaired) electrons. The van der Waals surface area contributed by atoms with Gasteiger partial charge in [0.25, 0.3) is 0 Å². The largest absolute Gasteiger partial charge is 0.313 e. The van der Waals surface area contributed by atoms with Crippen LogP contribution >= 0.6 is 11.6 Å². The van der Waals surface area contributed by atoms with Gasteiger partial charge in [-0.05, 0) is 20.3 Å². The number of hydrogen-bond donors (Lipinski definition) is 1. The lowest BCUT2D eigenvalue weighted by Gasteiger charge is -2.12. The van der Waals surface area contributed by atoms with E-state index in [4.69, 9.17) is 11.6 Å². The summed E-state index contributed by atoms with van der Waals surface area (Å²) < 4.78 is 0. The van der Waals surface area contributed by atoms with E-state index >= 15 is 0 Å². The zero-order valence-corrected chi connectivity index (χ0v) is 7.91. The molecule has 1 nitrogen and oxygen atoms in total. The van der Waals surface area contributed by atoms with E-state index in [9.17, 15) is 0 Å².